The normalized spacial score (nSPS) is 17.3. The lowest BCUT2D eigenvalue weighted by Gasteiger charge is -2.24. The summed E-state index contributed by atoms with van der Waals surface area (Å²) < 4.78 is 0. The summed E-state index contributed by atoms with van der Waals surface area (Å²) in [6.45, 7) is 0. The molecule has 16 heavy (non-hydrogen) atoms. The third-order valence-electron chi connectivity index (χ3n) is 2.86. The van der Waals surface area contributed by atoms with E-state index in [-0.39, 0.29) is 11.1 Å². The van der Waals surface area contributed by atoms with E-state index >= 15 is 0 Å². The molecule has 0 atom stereocenters. The highest BCUT2D eigenvalue weighted by atomic mass is 35.5. The maximum Gasteiger partial charge on any atom is 0.223 e. The Kier molecular flexibility index (Phi) is 3.33. The molecule has 0 amide bonds. The van der Waals surface area contributed by atoms with Gasteiger partial charge in [-0.05, 0) is 12.8 Å². The van der Waals surface area contributed by atoms with E-state index in [1.54, 1.807) is 0 Å². The fourth-order valence-electron chi connectivity index (χ4n) is 2.01. The van der Waals surface area contributed by atoms with Gasteiger partial charge in [0.2, 0.25) is 5.95 Å². The summed E-state index contributed by atoms with van der Waals surface area (Å²) in [7, 11) is 0. The van der Waals surface area contributed by atoms with Crippen molar-refractivity contribution in [3.63, 3.8) is 0 Å². The number of hydrogen-bond acceptors (Lipinski definition) is 5. The van der Waals surface area contributed by atoms with Crippen molar-refractivity contribution in [2.75, 3.05) is 16.8 Å². The summed E-state index contributed by atoms with van der Waals surface area (Å²) in [5, 5.41) is 3.50. The minimum atomic E-state index is 0.150. The molecule has 88 valence electrons. The summed E-state index contributed by atoms with van der Waals surface area (Å²) in [5.74, 6) is 0.710. The monoisotopic (exact) mass is 241 g/mol. The maximum absolute atomic E-state index is 5.84. The highest BCUT2D eigenvalue weighted by Gasteiger charge is 2.16. The van der Waals surface area contributed by atoms with E-state index in [1.165, 1.54) is 19.3 Å². The molecule has 0 aromatic carbocycles. The van der Waals surface area contributed by atoms with Crippen molar-refractivity contribution in [1.82, 2.24) is 9.97 Å². The van der Waals surface area contributed by atoms with Gasteiger partial charge in [0.25, 0.3) is 0 Å². The number of hydrogen-bond donors (Lipinski definition) is 3. The van der Waals surface area contributed by atoms with Crippen molar-refractivity contribution in [3.8, 4) is 0 Å². The maximum atomic E-state index is 5.84. The topological polar surface area (TPSA) is 89.8 Å². The minimum absolute atomic E-state index is 0.150. The molecule has 0 bridgehead atoms. The number of aromatic nitrogens is 2. The molecule has 2 rings (SSSR count). The average molecular weight is 242 g/mol. The molecular weight excluding hydrogens is 226 g/mol. The van der Waals surface area contributed by atoms with E-state index in [1.807, 2.05) is 0 Å². The molecule has 1 saturated carbocycles. The number of nitrogen functional groups attached to an aromatic ring is 2. The predicted octanol–water partition coefficient (Wildman–Crippen LogP) is 2.04. The Bertz CT molecular complexity index is 376. The van der Waals surface area contributed by atoms with E-state index in [0.29, 0.717) is 17.5 Å². The fraction of sp³-hybridized carbons (Fsp3) is 0.600. The number of halogens is 1. The van der Waals surface area contributed by atoms with Crippen LogP contribution in [0.2, 0.25) is 5.15 Å². The van der Waals surface area contributed by atoms with Crippen LogP contribution in [0.15, 0.2) is 0 Å². The Morgan fingerprint density at radius 2 is 1.81 bits per heavy atom. The van der Waals surface area contributed by atoms with Gasteiger partial charge in [0.1, 0.15) is 5.69 Å². The van der Waals surface area contributed by atoms with Crippen LogP contribution in [0.1, 0.15) is 32.1 Å². The zero-order chi connectivity index (χ0) is 11.5. The second kappa shape index (κ2) is 4.74. The first-order valence-electron chi connectivity index (χ1n) is 5.52. The molecule has 0 unspecified atom stereocenters. The van der Waals surface area contributed by atoms with Crippen LogP contribution >= 0.6 is 11.6 Å². The second-order valence-electron chi connectivity index (χ2n) is 4.11. The molecule has 0 aliphatic heterocycles. The zero-order valence-electron chi connectivity index (χ0n) is 9.04. The van der Waals surface area contributed by atoms with Gasteiger partial charge in [-0.2, -0.15) is 9.97 Å². The first-order valence-corrected chi connectivity index (χ1v) is 5.89. The number of nitrogens with one attached hydrogen (secondary N) is 1. The first kappa shape index (κ1) is 11.3. The van der Waals surface area contributed by atoms with Gasteiger partial charge in [0.15, 0.2) is 11.0 Å². The summed E-state index contributed by atoms with van der Waals surface area (Å²) in [5.41, 5.74) is 11.7. The largest absolute Gasteiger partial charge is 0.393 e. The molecule has 1 aliphatic rings. The van der Waals surface area contributed by atoms with Gasteiger partial charge in [-0.15, -0.1) is 0 Å². The smallest absolute Gasteiger partial charge is 0.223 e. The van der Waals surface area contributed by atoms with Crippen molar-refractivity contribution < 1.29 is 0 Å². The van der Waals surface area contributed by atoms with Gasteiger partial charge in [0, 0.05) is 6.04 Å². The van der Waals surface area contributed by atoms with Crippen molar-refractivity contribution >= 4 is 29.1 Å². The SMILES string of the molecule is Nc1nc(Cl)c(N)c(NC2CCCCC2)n1. The van der Waals surface area contributed by atoms with Gasteiger partial charge >= 0.3 is 0 Å². The van der Waals surface area contributed by atoms with Crippen LogP contribution in [0.3, 0.4) is 0 Å². The second-order valence-corrected chi connectivity index (χ2v) is 4.47. The highest BCUT2D eigenvalue weighted by molar-refractivity contribution is 6.32. The van der Waals surface area contributed by atoms with Crippen LogP contribution < -0.4 is 16.8 Å². The molecule has 1 aromatic rings. The van der Waals surface area contributed by atoms with Crippen LogP contribution in [-0.2, 0) is 0 Å². The number of anilines is 3. The number of nitrogens with two attached hydrogens (primary N) is 2. The van der Waals surface area contributed by atoms with Gasteiger partial charge in [-0.25, -0.2) is 0 Å². The molecule has 1 heterocycles. The Labute approximate surface area is 99.6 Å². The van der Waals surface area contributed by atoms with E-state index in [2.05, 4.69) is 15.3 Å². The summed E-state index contributed by atoms with van der Waals surface area (Å²) >= 11 is 5.84. The lowest BCUT2D eigenvalue weighted by molar-refractivity contribution is 0.462. The van der Waals surface area contributed by atoms with Crippen molar-refractivity contribution in [1.29, 1.82) is 0 Å². The Morgan fingerprint density at radius 3 is 2.50 bits per heavy atom. The standard InChI is InChI=1S/C10H16ClN5/c11-8-7(12)9(16-10(13)15-8)14-6-4-2-1-3-5-6/h6H,1-5,12H2,(H3,13,14,15,16). The number of rotatable bonds is 2. The summed E-state index contributed by atoms with van der Waals surface area (Å²) in [6, 6.07) is 0.418. The van der Waals surface area contributed by atoms with Gasteiger partial charge < -0.3 is 16.8 Å². The highest BCUT2D eigenvalue weighted by Crippen LogP contribution is 2.27. The molecule has 6 heteroatoms. The predicted molar refractivity (Wildman–Crippen MR) is 66.4 cm³/mol. The Morgan fingerprint density at radius 1 is 1.12 bits per heavy atom. The molecule has 5 nitrogen and oxygen atoms in total. The first-order chi connectivity index (χ1) is 7.66. The zero-order valence-corrected chi connectivity index (χ0v) is 9.80. The Balaban J connectivity index is 2.13. The van der Waals surface area contributed by atoms with Crippen molar-refractivity contribution in [2.24, 2.45) is 0 Å². The molecule has 0 saturated heterocycles. The van der Waals surface area contributed by atoms with Crippen LogP contribution in [0.4, 0.5) is 17.5 Å². The van der Waals surface area contributed by atoms with Gasteiger partial charge in [0.05, 0.1) is 0 Å². The lowest BCUT2D eigenvalue weighted by Crippen LogP contribution is -2.24. The average Bonchev–Trinajstić information content (AvgIpc) is 2.27. The quantitative estimate of drug-likeness (QED) is 0.690. The van der Waals surface area contributed by atoms with Crippen LogP contribution in [0.5, 0.6) is 0 Å². The third kappa shape index (κ3) is 2.47. The van der Waals surface area contributed by atoms with E-state index in [9.17, 15) is 0 Å². The van der Waals surface area contributed by atoms with E-state index in [4.69, 9.17) is 23.1 Å². The molecule has 1 aromatic heterocycles. The third-order valence-corrected chi connectivity index (χ3v) is 3.15. The van der Waals surface area contributed by atoms with Crippen LogP contribution in [-0.4, -0.2) is 16.0 Å². The van der Waals surface area contributed by atoms with Crippen molar-refractivity contribution in [3.05, 3.63) is 5.15 Å². The lowest BCUT2D eigenvalue weighted by atomic mass is 9.95. The van der Waals surface area contributed by atoms with Crippen LogP contribution in [0.25, 0.3) is 0 Å². The van der Waals surface area contributed by atoms with Gasteiger partial charge in [-0.3, -0.25) is 0 Å². The molecule has 0 spiro atoms. The molecule has 5 N–H and O–H groups in total. The summed E-state index contributed by atoms with van der Waals surface area (Å²) in [4.78, 5) is 7.87. The number of nitrogens with zero attached hydrogens (tertiary/aromatic N) is 2. The fourth-order valence-corrected chi connectivity index (χ4v) is 2.18. The van der Waals surface area contributed by atoms with E-state index < -0.39 is 0 Å². The Hall–Kier alpha value is -1.23. The van der Waals surface area contributed by atoms with Crippen LogP contribution in [0, 0.1) is 0 Å². The van der Waals surface area contributed by atoms with Gasteiger partial charge in [-0.1, -0.05) is 30.9 Å². The van der Waals surface area contributed by atoms with Crippen molar-refractivity contribution in [2.45, 2.75) is 38.1 Å². The molecule has 1 fully saturated rings. The molecular formula is C10H16ClN5. The summed E-state index contributed by atoms with van der Waals surface area (Å²) in [6.07, 6.45) is 6.07. The minimum Gasteiger partial charge on any atom is -0.393 e. The molecule has 0 radical (unpaired) electrons. The van der Waals surface area contributed by atoms with E-state index in [0.717, 1.165) is 12.8 Å². The molecule has 1 aliphatic carbocycles.